The fourth-order valence-corrected chi connectivity index (χ4v) is 8.79. The number of aromatic nitrogens is 4. The van der Waals surface area contributed by atoms with Crippen LogP contribution < -0.4 is 9.64 Å². The Balaban J connectivity index is 1.21. The summed E-state index contributed by atoms with van der Waals surface area (Å²) < 4.78 is 53.2. The molecule has 56 heavy (non-hydrogen) atoms. The number of aryl methyl sites for hydroxylation is 1. The van der Waals surface area contributed by atoms with Gasteiger partial charge in [-0.25, -0.2) is 23.1 Å². The predicted molar refractivity (Wildman–Crippen MR) is 208 cm³/mol. The Morgan fingerprint density at radius 1 is 1.14 bits per heavy atom. The molecule has 0 aliphatic carbocycles. The summed E-state index contributed by atoms with van der Waals surface area (Å²) in [7, 11) is 0. The third-order valence-corrected chi connectivity index (χ3v) is 11.4. The van der Waals surface area contributed by atoms with Crippen molar-refractivity contribution in [3.8, 4) is 35.6 Å². The van der Waals surface area contributed by atoms with Crippen molar-refractivity contribution in [3.05, 3.63) is 88.5 Å². The molecule has 0 bridgehead atoms. The second kappa shape index (κ2) is 15.1. The van der Waals surface area contributed by atoms with Crippen LogP contribution in [0.25, 0.3) is 38.9 Å². The molecule has 0 N–H and O–H groups in total. The van der Waals surface area contributed by atoms with Crippen molar-refractivity contribution in [3.63, 3.8) is 0 Å². The standard InChI is InChI=1S/C42H36ClF3N8O2/c1-3-30-34(45)10-8-26-6-4-7-31(36(26)30)37-33(43)20-32-39(38(37)46)50-41(56-24-42-14-5-17-53(42)22-27(44)21-42)51-40(32)52-18-19-54(29(23-52)12-15-47)35(55)11-9-28-13-16-48-25(2)49-28/h1,4,6-11,13,16,20,27,29H,5,12,14,17-19,21-24H2,2H3/b11-9+/t27-,29+,42+/m1/s1. The number of nitriles is 1. The number of terminal acetylenes is 1. The number of anilines is 1. The van der Waals surface area contributed by atoms with E-state index in [0.29, 0.717) is 41.1 Å². The lowest BCUT2D eigenvalue weighted by molar-refractivity contribution is -0.128. The van der Waals surface area contributed by atoms with Crippen LogP contribution in [0.5, 0.6) is 6.01 Å². The third kappa shape index (κ3) is 6.76. The van der Waals surface area contributed by atoms with Gasteiger partial charge in [-0.15, -0.1) is 6.42 Å². The van der Waals surface area contributed by atoms with Gasteiger partial charge in [-0.05, 0) is 61.5 Å². The molecule has 14 heteroatoms. The summed E-state index contributed by atoms with van der Waals surface area (Å²) >= 11 is 6.94. The Morgan fingerprint density at radius 2 is 2.00 bits per heavy atom. The summed E-state index contributed by atoms with van der Waals surface area (Å²) in [6.07, 6.45) is 11.4. The monoisotopic (exact) mass is 776 g/mol. The number of ether oxygens (including phenoxy) is 1. The first-order valence-corrected chi connectivity index (χ1v) is 18.8. The Kier molecular flexibility index (Phi) is 10.00. The van der Waals surface area contributed by atoms with Gasteiger partial charge in [0.15, 0.2) is 5.82 Å². The average molecular weight is 777 g/mol. The quantitative estimate of drug-likeness (QED) is 0.121. The molecular formula is C42H36ClF3N8O2. The number of alkyl halides is 1. The van der Waals surface area contributed by atoms with Crippen molar-refractivity contribution in [1.82, 2.24) is 29.7 Å². The summed E-state index contributed by atoms with van der Waals surface area (Å²) in [6.45, 7) is 3.62. The number of nitrogens with zero attached hydrogens (tertiary/aromatic N) is 8. The molecule has 5 aromatic rings. The molecule has 0 radical (unpaired) electrons. The van der Waals surface area contributed by atoms with Gasteiger partial charge < -0.3 is 14.5 Å². The number of benzene rings is 3. The number of carbonyl (C=O) groups excluding carboxylic acids is 1. The summed E-state index contributed by atoms with van der Waals surface area (Å²) in [4.78, 5) is 36.9. The molecule has 10 nitrogen and oxygen atoms in total. The van der Waals surface area contributed by atoms with E-state index >= 15 is 8.78 Å². The molecule has 284 valence electrons. The van der Waals surface area contributed by atoms with Crippen molar-refractivity contribution in [2.24, 2.45) is 0 Å². The van der Waals surface area contributed by atoms with Crippen LogP contribution in [0.15, 0.2) is 54.7 Å². The molecule has 3 fully saturated rings. The maximum Gasteiger partial charge on any atom is 0.319 e. The van der Waals surface area contributed by atoms with E-state index in [1.54, 1.807) is 60.5 Å². The summed E-state index contributed by atoms with van der Waals surface area (Å²) in [5.41, 5.74) is 0.179. The SMILES string of the molecule is C#Cc1c(F)ccc2cccc(-c3c(Cl)cc4c(N5CCN(C(=O)/C=C/c6ccnc(C)n6)[C@@H](CC#N)C5)nc(OC[C@@]56CCCN5C[C@H](F)C6)nc4c3F)c12. The van der Waals surface area contributed by atoms with Crippen LogP contribution in [0.1, 0.15) is 42.8 Å². The number of fused-ring (bicyclic) bond motifs is 3. The van der Waals surface area contributed by atoms with E-state index in [-0.39, 0.29) is 77.2 Å². The fourth-order valence-electron chi connectivity index (χ4n) is 8.50. The van der Waals surface area contributed by atoms with Crippen LogP contribution >= 0.6 is 11.6 Å². The Labute approximate surface area is 326 Å². The summed E-state index contributed by atoms with van der Waals surface area (Å²) in [5, 5.41) is 11.0. The minimum Gasteiger partial charge on any atom is -0.461 e. The first kappa shape index (κ1) is 37.2. The molecule has 3 aromatic carbocycles. The lowest BCUT2D eigenvalue weighted by Crippen LogP contribution is -2.55. The topological polar surface area (TPSA) is 111 Å². The van der Waals surface area contributed by atoms with E-state index in [9.17, 15) is 14.4 Å². The fraction of sp³-hybridized carbons (Fsp3) is 0.333. The number of amides is 1. The first-order chi connectivity index (χ1) is 27.1. The molecule has 1 amide bonds. The van der Waals surface area contributed by atoms with Gasteiger partial charge in [0.05, 0.1) is 40.4 Å². The van der Waals surface area contributed by atoms with Crippen LogP contribution in [0, 0.1) is 42.2 Å². The number of hydrogen-bond acceptors (Lipinski definition) is 9. The van der Waals surface area contributed by atoms with Crippen molar-refractivity contribution >= 4 is 51.1 Å². The van der Waals surface area contributed by atoms with Gasteiger partial charge in [-0.2, -0.15) is 15.2 Å². The zero-order chi connectivity index (χ0) is 39.1. The molecular weight excluding hydrogens is 741 g/mol. The lowest BCUT2D eigenvalue weighted by Gasteiger charge is -2.41. The van der Waals surface area contributed by atoms with Crippen molar-refractivity contribution in [2.75, 3.05) is 44.2 Å². The molecule has 0 unspecified atom stereocenters. The van der Waals surface area contributed by atoms with Crippen LogP contribution in [0.4, 0.5) is 19.0 Å². The van der Waals surface area contributed by atoms with Gasteiger partial charge in [-0.3, -0.25) is 9.69 Å². The number of halogens is 4. The van der Waals surface area contributed by atoms with Crippen LogP contribution in [-0.2, 0) is 4.79 Å². The number of carbonyl (C=O) groups is 1. The molecule has 5 heterocycles. The molecule has 8 rings (SSSR count). The van der Waals surface area contributed by atoms with E-state index in [2.05, 4.69) is 31.8 Å². The maximum absolute atomic E-state index is 17.3. The highest BCUT2D eigenvalue weighted by Gasteiger charge is 2.49. The zero-order valence-electron chi connectivity index (χ0n) is 30.5. The molecule has 2 aromatic heterocycles. The highest BCUT2D eigenvalue weighted by Crippen LogP contribution is 2.44. The maximum atomic E-state index is 17.3. The van der Waals surface area contributed by atoms with Gasteiger partial charge in [0.2, 0.25) is 5.91 Å². The van der Waals surface area contributed by atoms with Crippen LogP contribution in [0.2, 0.25) is 5.02 Å². The second-order valence-corrected chi connectivity index (χ2v) is 14.9. The molecule has 3 aliphatic heterocycles. The smallest absolute Gasteiger partial charge is 0.319 e. The van der Waals surface area contributed by atoms with Crippen LogP contribution in [-0.4, -0.2) is 92.7 Å². The Hall–Kier alpha value is -5.76. The minimum absolute atomic E-state index is 0.0150. The minimum atomic E-state index is -0.983. The number of rotatable bonds is 8. The third-order valence-electron chi connectivity index (χ3n) is 11.1. The second-order valence-electron chi connectivity index (χ2n) is 14.5. The van der Waals surface area contributed by atoms with Gasteiger partial charge in [0, 0.05) is 61.2 Å². The van der Waals surface area contributed by atoms with Gasteiger partial charge in [0.1, 0.15) is 35.8 Å². The summed E-state index contributed by atoms with van der Waals surface area (Å²) in [6, 6.07) is 12.7. The van der Waals surface area contributed by atoms with Crippen molar-refractivity contribution in [1.29, 1.82) is 5.26 Å². The Morgan fingerprint density at radius 3 is 2.80 bits per heavy atom. The molecule has 0 saturated carbocycles. The largest absolute Gasteiger partial charge is 0.461 e. The molecule has 3 atom stereocenters. The van der Waals surface area contributed by atoms with Crippen molar-refractivity contribution < 1.29 is 22.7 Å². The van der Waals surface area contributed by atoms with Gasteiger partial charge in [0.25, 0.3) is 0 Å². The highest BCUT2D eigenvalue weighted by molar-refractivity contribution is 6.35. The molecule has 3 saturated heterocycles. The highest BCUT2D eigenvalue weighted by atomic mass is 35.5. The number of hydrogen-bond donors (Lipinski definition) is 0. The van der Waals surface area contributed by atoms with E-state index in [1.165, 1.54) is 12.1 Å². The van der Waals surface area contributed by atoms with E-state index in [1.807, 2.05) is 4.90 Å². The first-order valence-electron chi connectivity index (χ1n) is 18.4. The molecule has 3 aliphatic rings. The predicted octanol–water partition coefficient (Wildman–Crippen LogP) is 7.06. The van der Waals surface area contributed by atoms with Gasteiger partial charge >= 0.3 is 6.01 Å². The lowest BCUT2D eigenvalue weighted by atomic mass is 9.93. The normalized spacial score (nSPS) is 21.1. The Bertz CT molecular complexity index is 2500. The van der Waals surface area contributed by atoms with Crippen LogP contribution in [0.3, 0.4) is 0 Å². The molecule has 0 spiro atoms. The number of piperazine rings is 1. The van der Waals surface area contributed by atoms with E-state index in [4.69, 9.17) is 27.7 Å². The van der Waals surface area contributed by atoms with Crippen molar-refractivity contribution in [2.45, 2.75) is 50.4 Å². The average Bonchev–Trinajstić information content (AvgIpc) is 3.72. The van der Waals surface area contributed by atoms with E-state index < -0.39 is 29.4 Å². The van der Waals surface area contributed by atoms with E-state index in [0.717, 1.165) is 19.4 Å². The van der Waals surface area contributed by atoms with Gasteiger partial charge in [-0.1, -0.05) is 41.8 Å². The zero-order valence-corrected chi connectivity index (χ0v) is 31.2. The summed E-state index contributed by atoms with van der Waals surface area (Å²) in [5.74, 6) is 1.56.